The molecular weight excluding hydrogens is 469 g/mol. The minimum Gasteiger partial charge on any atom is -0.387 e. The molecule has 0 unspecified atom stereocenters. The van der Waals surface area contributed by atoms with Gasteiger partial charge in [0.05, 0.1) is 26.1 Å². The smallest absolute Gasteiger partial charge is 0.387 e. The normalized spacial score (nSPS) is 27.4. The van der Waals surface area contributed by atoms with Crippen molar-refractivity contribution in [3.63, 3.8) is 0 Å². The van der Waals surface area contributed by atoms with Gasteiger partial charge < -0.3 is 39.9 Å². The number of hydrogen-bond acceptors (Lipinski definition) is 12. The lowest BCUT2D eigenvalue weighted by Gasteiger charge is -2.22. The number of anilines is 1. The lowest BCUT2D eigenvalue weighted by Crippen LogP contribution is -2.33. The van der Waals surface area contributed by atoms with Crippen molar-refractivity contribution in [3.05, 3.63) is 6.33 Å². The average molecular weight is 493 g/mol. The van der Waals surface area contributed by atoms with Crippen LogP contribution < -0.4 is 5.73 Å². The molecule has 4 heterocycles. The van der Waals surface area contributed by atoms with Crippen molar-refractivity contribution in [2.45, 2.75) is 48.8 Å². The molecule has 2 aliphatic heterocycles. The largest absolute Gasteiger partial charge is 0.469 e. The first-order valence-corrected chi connectivity index (χ1v) is 12.3. The molecule has 2 aliphatic rings. The summed E-state index contributed by atoms with van der Waals surface area (Å²) < 4.78 is 33.3. The van der Waals surface area contributed by atoms with Crippen molar-refractivity contribution < 1.29 is 43.3 Å². The number of rotatable bonds is 8. The molecule has 0 aromatic carbocycles. The maximum Gasteiger partial charge on any atom is 0.469 e. The van der Waals surface area contributed by atoms with E-state index >= 15 is 0 Å². The first-order chi connectivity index (χ1) is 15.2. The number of nitrogens with zero attached hydrogens (tertiary/aromatic N) is 4. The Morgan fingerprint density at radius 2 is 2.00 bits per heavy atom. The number of phosphoric acid groups is 1. The maximum absolute atomic E-state index is 10.9. The molecule has 0 saturated carbocycles. The topological polar surface area (TPSA) is 205 Å². The summed E-state index contributed by atoms with van der Waals surface area (Å²) in [5.74, 6) is 0.753. The molecule has 16 heteroatoms. The highest BCUT2D eigenvalue weighted by molar-refractivity contribution is 7.99. The Bertz CT molecular complexity index is 984. The van der Waals surface area contributed by atoms with Gasteiger partial charge in [0, 0.05) is 12.2 Å². The highest BCUT2D eigenvalue weighted by atomic mass is 32.2. The van der Waals surface area contributed by atoms with Gasteiger partial charge in [-0.15, -0.1) is 0 Å². The number of thioether (sulfide) groups is 1. The summed E-state index contributed by atoms with van der Waals surface area (Å²) in [4.78, 5) is 30.6. The van der Waals surface area contributed by atoms with Crippen LogP contribution >= 0.6 is 19.6 Å². The number of aliphatic hydroxyl groups is 2. The van der Waals surface area contributed by atoms with Crippen LogP contribution in [0.4, 0.5) is 5.82 Å². The van der Waals surface area contributed by atoms with E-state index in [0.29, 0.717) is 30.5 Å². The molecule has 4 atom stereocenters. The van der Waals surface area contributed by atoms with Gasteiger partial charge in [-0.1, -0.05) is 11.8 Å². The van der Waals surface area contributed by atoms with Gasteiger partial charge in [-0.25, -0.2) is 19.5 Å². The van der Waals surface area contributed by atoms with Crippen LogP contribution in [-0.4, -0.2) is 89.7 Å². The molecule has 2 fully saturated rings. The quantitative estimate of drug-likeness (QED) is 0.177. The van der Waals surface area contributed by atoms with Gasteiger partial charge in [0.25, 0.3) is 0 Å². The van der Waals surface area contributed by atoms with Crippen molar-refractivity contribution in [1.29, 1.82) is 0 Å². The lowest BCUT2D eigenvalue weighted by atomic mass is 10.1. The Balaban J connectivity index is 1.48. The van der Waals surface area contributed by atoms with E-state index in [4.69, 9.17) is 29.7 Å². The van der Waals surface area contributed by atoms with Gasteiger partial charge in [-0.3, -0.25) is 9.09 Å². The Labute approximate surface area is 186 Å². The third-order valence-electron chi connectivity index (χ3n) is 4.93. The zero-order chi connectivity index (χ0) is 22.9. The van der Waals surface area contributed by atoms with Crippen LogP contribution in [0.5, 0.6) is 0 Å². The van der Waals surface area contributed by atoms with Crippen molar-refractivity contribution in [2.75, 3.05) is 31.3 Å². The Kier molecular flexibility index (Phi) is 7.31. The number of aromatic nitrogens is 4. The van der Waals surface area contributed by atoms with Crippen molar-refractivity contribution >= 4 is 36.6 Å². The molecule has 2 aromatic heterocycles. The van der Waals surface area contributed by atoms with E-state index < -0.39 is 39.0 Å². The van der Waals surface area contributed by atoms with E-state index in [1.165, 1.54) is 22.7 Å². The Morgan fingerprint density at radius 1 is 1.25 bits per heavy atom. The van der Waals surface area contributed by atoms with E-state index in [0.717, 1.165) is 6.42 Å². The van der Waals surface area contributed by atoms with Gasteiger partial charge in [0.15, 0.2) is 29.1 Å². The molecule has 178 valence electrons. The number of aliphatic hydroxyl groups excluding tert-OH is 2. The number of hydrogen-bond donors (Lipinski definition) is 5. The first-order valence-electron chi connectivity index (χ1n) is 9.80. The van der Waals surface area contributed by atoms with E-state index in [-0.39, 0.29) is 23.3 Å². The second-order valence-electron chi connectivity index (χ2n) is 7.21. The van der Waals surface area contributed by atoms with Crippen LogP contribution in [0.2, 0.25) is 0 Å². The van der Waals surface area contributed by atoms with Crippen molar-refractivity contribution in [3.8, 4) is 0 Å². The SMILES string of the molecule is Nc1nc(SCCC2OCCCO2)nc2c1ncn2[C@@H]1O[C@H](COP(=O)(O)O)[C@@H](O)[C@H]1O. The van der Waals surface area contributed by atoms with Crippen LogP contribution in [0.25, 0.3) is 11.2 Å². The van der Waals surface area contributed by atoms with E-state index in [1.54, 1.807) is 0 Å². The zero-order valence-electron chi connectivity index (χ0n) is 16.8. The number of ether oxygens (including phenoxy) is 3. The van der Waals surface area contributed by atoms with E-state index in [9.17, 15) is 14.8 Å². The summed E-state index contributed by atoms with van der Waals surface area (Å²) in [7, 11) is -4.77. The van der Waals surface area contributed by atoms with Crippen molar-refractivity contribution in [1.82, 2.24) is 19.5 Å². The monoisotopic (exact) mass is 493 g/mol. The highest BCUT2D eigenvalue weighted by Gasteiger charge is 2.45. The molecule has 2 aromatic rings. The number of phosphoric ester groups is 1. The summed E-state index contributed by atoms with van der Waals surface area (Å²) in [5.41, 5.74) is 6.58. The van der Waals surface area contributed by atoms with E-state index in [1.807, 2.05) is 0 Å². The summed E-state index contributed by atoms with van der Waals surface area (Å²) in [6, 6.07) is 0. The number of nitrogen functional groups attached to an aromatic ring is 1. The molecule has 0 amide bonds. The number of fused-ring (bicyclic) bond motifs is 1. The molecule has 4 rings (SSSR count). The van der Waals surface area contributed by atoms with Gasteiger partial charge in [-0.2, -0.15) is 0 Å². The van der Waals surface area contributed by atoms with Gasteiger partial charge in [0.2, 0.25) is 0 Å². The average Bonchev–Trinajstić information content (AvgIpc) is 3.29. The molecule has 6 N–H and O–H groups in total. The molecule has 0 spiro atoms. The fourth-order valence-electron chi connectivity index (χ4n) is 3.39. The molecule has 14 nitrogen and oxygen atoms in total. The van der Waals surface area contributed by atoms with Crippen LogP contribution in [0.15, 0.2) is 11.5 Å². The second-order valence-corrected chi connectivity index (χ2v) is 9.51. The highest BCUT2D eigenvalue weighted by Crippen LogP contribution is 2.39. The molecule has 0 bridgehead atoms. The minimum absolute atomic E-state index is 0.135. The predicted molar refractivity (Wildman–Crippen MR) is 109 cm³/mol. The van der Waals surface area contributed by atoms with Crippen LogP contribution in [0.1, 0.15) is 19.1 Å². The van der Waals surface area contributed by atoms with Gasteiger partial charge in [-0.05, 0) is 6.42 Å². The third-order valence-corrected chi connectivity index (χ3v) is 6.29. The standard InChI is InChI=1S/C16H24N5O9PS/c17-13-10-14(20-16(19-13)32-5-2-9-27-3-1-4-28-9)21(7-18-10)15-12(23)11(22)8(30-15)6-29-31(24,25)26/h7-9,11-12,15,22-23H,1-6H2,(H2,17,19,20)(H2,24,25,26)/t8-,11-,12-,15-/m1/s1. The maximum atomic E-state index is 10.9. The minimum atomic E-state index is -4.77. The van der Waals surface area contributed by atoms with Crippen molar-refractivity contribution in [2.24, 2.45) is 0 Å². The fraction of sp³-hybridized carbons (Fsp3) is 0.688. The molecule has 2 saturated heterocycles. The first kappa shape index (κ1) is 23.8. The summed E-state index contributed by atoms with van der Waals surface area (Å²) in [6.45, 7) is 0.717. The van der Waals surface area contributed by atoms with E-state index in [2.05, 4.69) is 19.5 Å². The lowest BCUT2D eigenvalue weighted by molar-refractivity contribution is -0.178. The number of nitrogens with two attached hydrogens (primary N) is 1. The third kappa shape index (κ3) is 5.39. The zero-order valence-corrected chi connectivity index (χ0v) is 18.5. The molecule has 0 aliphatic carbocycles. The Morgan fingerprint density at radius 3 is 2.72 bits per heavy atom. The van der Waals surface area contributed by atoms with Crippen LogP contribution in [-0.2, 0) is 23.3 Å². The summed E-state index contributed by atoms with van der Waals surface area (Å²) >= 11 is 1.35. The van der Waals surface area contributed by atoms with Crippen LogP contribution in [0.3, 0.4) is 0 Å². The number of imidazole rings is 1. The molecule has 32 heavy (non-hydrogen) atoms. The Hall–Kier alpha value is -1.39. The van der Waals surface area contributed by atoms with Crippen LogP contribution in [0, 0.1) is 0 Å². The predicted octanol–water partition coefficient (Wildman–Crippen LogP) is -0.618. The molecule has 0 radical (unpaired) electrons. The van der Waals surface area contributed by atoms with Gasteiger partial charge in [0.1, 0.15) is 23.8 Å². The fourth-order valence-corrected chi connectivity index (χ4v) is 4.53. The second kappa shape index (κ2) is 9.85. The van der Waals surface area contributed by atoms with Gasteiger partial charge >= 0.3 is 7.82 Å². The summed E-state index contributed by atoms with van der Waals surface area (Å²) in [6.07, 6.45) is -2.60. The molecular formula is C16H24N5O9PS. The summed E-state index contributed by atoms with van der Waals surface area (Å²) in [5, 5.41) is 21.0.